The maximum Gasteiger partial charge on any atom is 0.226 e. The minimum atomic E-state index is -0.160. The van der Waals surface area contributed by atoms with Crippen molar-refractivity contribution in [2.75, 3.05) is 11.9 Å². The lowest BCUT2D eigenvalue weighted by Gasteiger charge is -2.55. The molecule has 156 valence electrons. The lowest BCUT2D eigenvalue weighted by molar-refractivity contribution is -0.146. The second kappa shape index (κ2) is 7.82. The van der Waals surface area contributed by atoms with E-state index in [1.54, 1.807) is 12.4 Å². The van der Waals surface area contributed by atoms with E-state index in [0.717, 1.165) is 42.6 Å². The molecule has 4 fully saturated rings. The maximum atomic E-state index is 12.9. The van der Waals surface area contributed by atoms with Crippen LogP contribution in [0.5, 0.6) is 0 Å². The van der Waals surface area contributed by atoms with E-state index in [-0.39, 0.29) is 23.7 Å². The Labute approximate surface area is 176 Å². The third kappa shape index (κ3) is 3.83. The van der Waals surface area contributed by atoms with Crippen LogP contribution in [0, 0.1) is 23.2 Å². The Bertz CT molecular complexity index is 891. The van der Waals surface area contributed by atoms with Crippen LogP contribution >= 0.6 is 0 Å². The molecule has 2 N–H and O–H groups in total. The van der Waals surface area contributed by atoms with Crippen molar-refractivity contribution in [1.82, 2.24) is 15.3 Å². The minimum Gasteiger partial charge on any atom is -0.355 e. The summed E-state index contributed by atoms with van der Waals surface area (Å²) >= 11 is 0. The fraction of sp³-hybridized carbons (Fsp3) is 0.500. The molecule has 0 saturated heterocycles. The van der Waals surface area contributed by atoms with Crippen molar-refractivity contribution in [3.8, 4) is 11.4 Å². The molecule has 2 aromatic rings. The first-order valence-corrected chi connectivity index (χ1v) is 11.1. The molecule has 1 heterocycles. The molecule has 1 aromatic carbocycles. The molecule has 0 aliphatic heterocycles. The summed E-state index contributed by atoms with van der Waals surface area (Å²) in [7, 11) is 0. The standard InChI is InChI=1S/C24H28N4O2/c29-21(28-20-14-26-22(27-15-20)19-4-2-1-3-5-19)6-7-25-23(30)24-11-16-8-17(12-24)10-18(9-16)13-24/h1-5,14-18H,6-13H2,(H,25,30)(H,28,29). The number of nitrogens with one attached hydrogen (secondary N) is 2. The molecule has 0 radical (unpaired) electrons. The van der Waals surface area contributed by atoms with Gasteiger partial charge in [-0.2, -0.15) is 0 Å². The van der Waals surface area contributed by atoms with E-state index in [4.69, 9.17) is 0 Å². The molecular weight excluding hydrogens is 376 g/mol. The Hall–Kier alpha value is -2.76. The number of amides is 2. The van der Waals surface area contributed by atoms with Crippen LogP contribution in [0.15, 0.2) is 42.7 Å². The number of hydrogen-bond acceptors (Lipinski definition) is 4. The van der Waals surface area contributed by atoms with Gasteiger partial charge < -0.3 is 10.6 Å². The van der Waals surface area contributed by atoms with Crippen molar-refractivity contribution in [2.45, 2.75) is 44.9 Å². The molecule has 6 nitrogen and oxygen atoms in total. The summed E-state index contributed by atoms with van der Waals surface area (Å²) in [5.41, 5.74) is 1.33. The van der Waals surface area contributed by atoms with E-state index < -0.39 is 0 Å². The van der Waals surface area contributed by atoms with Crippen LogP contribution in [-0.2, 0) is 9.59 Å². The topological polar surface area (TPSA) is 84.0 Å². The Morgan fingerprint density at radius 3 is 2.13 bits per heavy atom. The summed E-state index contributed by atoms with van der Waals surface area (Å²) < 4.78 is 0. The number of anilines is 1. The van der Waals surface area contributed by atoms with Gasteiger partial charge in [-0.15, -0.1) is 0 Å². The van der Waals surface area contributed by atoms with Crippen molar-refractivity contribution < 1.29 is 9.59 Å². The fourth-order valence-electron chi connectivity index (χ4n) is 6.22. The first kappa shape index (κ1) is 19.2. The van der Waals surface area contributed by atoms with Crippen molar-refractivity contribution in [3.05, 3.63) is 42.7 Å². The highest BCUT2D eigenvalue weighted by atomic mass is 16.2. The van der Waals surface area contributed by atoms with Crippen molar-refractivity contribution >= 4 is 17.5 Å². The normalized spacial score (nSPS) is 28.9. The van der Waals surface area contributed by atoms with Crippen LogP contribution in [0.25, 0.3) is 11.4 Å². The number of hydrogen-bond donors (Lipinski definition) is 2. The third-order valence-electron chi connectivity index (χ3n) is 7.13. The van der Waals surface area contributed by atoms with Crippen LogP contribution in [0.2, 0.25) is 0 Å². The molecule has 0 spiro atoms. The maximum absolute atomic E-state index is 12.9. The Kier molecular flexibility index (Phi) is 5.01. The minimum absolute atomic E-state index is 0.142. The molecule has 6 rings (SSSR count). The number of nitrogens with zero attached hydrogens (tertiary/aromatic N) is 2. The summed E-state index contributed by atoms with van der Waals surface area (Å²) in [4.78, 5) is 33.9. The van der Waals surface area contributed by atoms with Gasteiger partial charge in [0.05, 0.1) is 18.1 Å². The van der Waals surface area contributed by atoms with E-state index >= 15 is 0 Å². The van der Waals surface area contributed by atoms with Crippen LogP contribution in [0.3, 0.4) is 0 Å². The molecule has 4 aliphatic rings. The summed E-state index contributed by atoms with van der Waals surface area (Å²) in [6.45, 7) is 0.370. The predicted molar refractivity (Wildman–Crippen MR) is 114 cm³/mol. The smallest absolute Gasteiger partial charge is 0.226 e. The van der Waals surface area contributed by atoms with E-state index in [1.807, 2.05) is 30.3 Å². The van der Waals surface area contributed by atoms with Crippen LogP contribution in [0.1, 0.15) is 44.9 Å². The summed E-state index contributed by atoms with van der Waals surface area (Å²) in [5, 5.41) is 5.87. The number of aromatic nitrogens is 2. The van der Waals surface area contributed by atoms with Gasteiger partial charge in [0.15, 0.2) is 5.82 Å². The molecular formula is C24H28N4O2. The van der Waals surface area contributed by atoms with Gasteiger partial charge in [0, 0.05) is 23.9 Å². The zero-order chi connectivity index (χ0) is 20.6. The van der Waals surface area contributed by atoms with E-state index in [1.165, 1.54) is 19.3 Å². The SMILES string of the molecule is O=C(CCNC(=O)C12CC3CC(CC(C3)C1)C2)Nc1cnc(-c2ccccc2)nc1. The van der Waals surface area contributed by atoms with Gasteiger partial charge >= 0.3 is 0 Å². The van der Waals surface area contributed by atoms with Crippen molar-refractivity contribution in [3.63, 3.8) is 0 Å². The third-order valence-corrected chi connectivity index (χ3v) is 7.13. The molecule has 4 aliphatic carbocycles. The Morgan fingerprint density at radius 1 is 0.933 bits per heavy atom. The van der Waals surface area contributed by atoms with Gasteiger partial charge in [-0.3, -0.25) is 9.59 Å². The lowest BCUT2D eigenvalue weighted by Crippen LogP contribution is -2.53. The van der Waals surface area contributed by atoms with E-state index in [2.05, 4.69) is 20.6 Å². The van der Waals surface area contributed by atoms with E-state index in [0.29, 0.717) is 18.1 Å². The fourth-order valence-corrected chi connectivity index (χ4v) is 6.22. The second-order valence-electron chi connectivity index (χ2n) is 9.41. The molecule has 0 atom stereocenters. The average molecular weight is 405 g/mol. The molecule has 6 heteroatoms. The van der Waals surface area contributed by atoms with Gasteiger partial charge in [-0.1, -0.05) is 30.3 Å². The van der Waals surface area contributed by atoms with Crippen LogP contribution in [-0.4, -0.2) is 28.3 Å². The first-order valence-electron chi connectivity index (χ1n) is 11.1. The molecule has 4 saturated carbocycles. The largest absolute Gasteiger partial charge is 0.355 e. The summed E-state index contributed by atoms with van der Waals surface area (Å²) in [6.07, 6.45) is 10.6. The highest BCUT2D eigenvalue weighted by Crippen LogP contribution is 2.60. The lowest BCUT2D eigenvalue weighted by atomic mass is 9.49. The predicted octanol–water partition coefficient (Wildman–Crippen LogP) is 3.80. The Morgan fingerprint density at radius 2 is 1.53 bits per heavy atom. The highest BCUT2D eigenvalue weighted by molar-refractivity contribution is 5.91. The van der Waals surface area contributed by atoms with Crippen molar-refractivity contribution in [2.24, 2.45) is 23.2 Å². The molecule has 2 amide bonds. The molecule has 30 heavy (non-hydrogen) atoms. The van der Waals surface area contributed by atoms with E-state index in [9.17, 15) is 9.59 Å². The van der Waals surface area contributed by atoms with Crippen molar-refractivity contribution in [1.29, 1.82) is 0 Å². The first-order chi connectivity index (χ1) is 14.6. The monoisotopic (exact) mass is 404 g/mol. The van der Waals surface area contributed by atoms with Gasteiger partial charge in [0.25, 0.3) is 0 Å². The molecule has 1 aromatic heterocycles. The zero-order valence-corrected chi connectivity index (χ0v) is 17.1. The Balaban J connectivity index is 1.11. The number of carbonyl (C=O) groups excluding carboxylic acids is 2. The number of benzene rings is 1. The van der Waals surface area contributed by atoms with Gasteiger partial charge in [0.1, 0.15) is 0 Å². The quantitative estimate of drug-likeness (QED) is 0.767. The average Bonchev–Trinajstić information content (AvgIpc) is 2.74. The van der Waals surface area contributed by atoms with Crippen LogP contribution < -0.4 is 10.6 Å². The summed E-state index contributed by atoms with van der Waals surface area (Å²) in [6, 6.07) is 9.71. The zero-order valence-electron chi connectivity index (χ0n) is 17.1. The van der Waals surface area contributed by atoms with Gasteiger partial charge in [0.2, 0.25) is 11.8 Å². The highest BCUT2D eigenvalue weighted by Gasteiger charge is 2.54. The van der Waals surface area contributed by atoms with Gasteiger partial charge in [-0.25, -0.2) is 9.97 Å². The number of rotatable bonds is 6. The number of carbonyl (C=O) groups is 2. The molecule has 0 unspecified atom stereocenters. The molecule has 4 bridgehead atoms. The van der Waals surface area contributed by atoms with Crippen LogP contribution in [0.4, 0.5) is 5.69 Å². The second-order valence-corrected chi connectivity index (χ2v) is 9.41. The summed E-state index contributed by atoms with van der Waals surface area (Å²) in [5.74, 6) is 2.87. The van der Waals surface area contributed by atoms with Gasteiger partial charge in [-0.05, 0) is 56.3 Å².